The highest BCUT2D eigenvalue weighted by molar-refractivity contribution is 7.58. The average molecular weight is 278 g/mol. The van der Waals surface area contributed by atoms with Crippen LogP contribution in [0.25, 0.3) is 0 Å². The predicted molar refractivity (Wildman–Crippen MR) is 71.1 cm³/mol. The van der Waals surface area contributed by atoms with Gasteiger partial charge >= 0.3 is 0 Å². The van der Waals surface area contributed by atoms with Crippen LogP contribution in [0.2, 0.25) is 0 Å². The second-order valence-electron chi connectivity index (χ2n) is 4.89. The fourth-order valence-electron chi connectivity index (χ4n) is 2.62. The van der Waals surface area contributed by atoms with Gasteiger partial charge in [0.05, 0.1) is 6.26 Å². The van der Waals surface area contributed by atoms with E-state index in [9.17, 15) is 14.6 Å². The molecule has 0 aliphatic heterocycles. The maximum absolute atomic E-state index is 12.5. The molecular formula is C14H15O4P. The van der Waals surface area contributed by atoms with Crippen molar-refractivity contribution in [2.75, 3.05) is 0 Å². The van der Waals surface area contributed by atoms with Gasteiger partial charge in [-0.05, 0) is 36.1 Å². The van der Waals surface area contributed by atoms with Gasteiger partial charge in [-0.25, -0.2) is 0 Å². The number of hydrogen-bond acceptors (Lipinski definition) is 3. The highest BCUT2D eigenvalue weighted by Gasteiger charge is 2.43. The van der Waals surface area contributed by atoms with Crippen molar-refractivity contribution in [1.29, 1.82) is 0 Å². The monoisotopic (exact) mass is 278 g/mol. The summed E-state index contributed by atoms with van der Waals surface area (Å²) >= 11 is 0. The third kappa shape index (κ3) is 2.16. The van der Waals surface area contributed by atoms with Gasteiger partial charge in [-0.15, -0.1) is 0 Å². The molecule has 3 rings (SSSR count). The van der Waals surface area contributed by atoms with Gasteiger partial charge in [-0.3, -0.25) is 4.57 Å². The highest BCUT2D eigenvalue weighted by atomic mass is 31.2. The molecular weight excluding hydrogens is 263 g/mol. The smallest absolute Gasteiger partial charge is 0.239 e. The van der Waals surface area contributed by atoms with E-state index in [2.05, 4.69) is 0 Å². The lowest BCUT2D eigenvalue weighted by molar-refractivity contribution is 0.203. The summed E-state index contributed by atoms with van der Waals surface area (Å²) in [5.74, 6) is -1.29. The molecule has 0 bridgehead atoms. The number of fused-ring (bicyclic) bond motifs is 1. The van der Waals surface area contributed by atoms with Crippen LogP contribution in [0.1, 0.15) is 22.7 Å². The predicted octanol–water partition coefficient (Wildman–Crippen LogP) is 2.71. The molecule has 1 aliphatic rings. The third-order valence-electron chi connectivity index (χ3n) is 3.70. The molecule has 1 aromatic heterocycles. The van der Waals surface area contributed by atoms with Crippen molar-refractivity contribution in [3.63, 3.8) is 0 Å². The van der Waals surface area contributed by atoms with Crippen LogP contribution in [0.15, 0.2) is 47.1 Å². The van der Waals surface area contributed by atoms with E-state index < -0.39 is 18.9 Å². The Morgan fingerprint density at radius 2 is 1.79 bits per heavy atom. The molecule has 2 N–H and O–H groups in total. The summed E-state index contributed by atoms with van der Waals surface area (Å²) in [6, 6.07) is 10.9. The van der Waals surface area contributed by atoms with Crippen molar-refractivity contribution >= 4 is 7.37 Å². The highest BCUT2D eigenvalue weighted by Crippen LogP contribution is 2.61. The maximum Gasteiger partial charge on any atom is 0.239 e. The van der Waals surface area contributed by atoms with Gasteiger partial charge in [0.25, 0.3) is 0 Å². The van der Waals surface area contributed by atoms with Crippen LogP contribution in [0.3, 0.4) is 0 Å². The molecule has 0 saturated carbocycles. The molecule has 1 aromatic carbocycles. The molecule has 19 heavy (non-hydrogen) atoms. The molecule has 0 amide bonds. The SMILES string of the molecule is O=P(O)(C1Cc2ccccc2C1)C(O)c1ccco1. The van der Waals surface area contributed by atoms with E-state index in [1.165, 1.54) is 12.3 Å². The van der Waals surface area contributed by atoms with E-state index in [0.717, 1.165) is 11.1 Å². The van der Waals surface area contributed by atoms with Crippen molar-refractivity contribution in [1.82, 2.24) is 0 Å². The van der Waals surface area contributed by atoms with E-state index in [1.54, 1.807) is 6.07 Å². The molecule has 1 heterocycles. The average Bonchev–Trinajstić information content (AvgIpc) is 3.06. The Hall–Kier alpha value is -1.35. The quantitative estimate of drug-likeness (QED) is 0.847. The lowest BCUT2D eigenvalue weighted by atomic mass is 10.1. The van der Waals surface area contributed by atoms with E-state index in [4.69, 9.17) is 4.42 Å². The number of hydrogen-bond donors (Lipinski definition) is 2. The molecule has 100 valence electrons. The number of furan rings is 1. The van der Waals surface area contributed by atoms with Crippen molar-refractivity contribution in [2.24, 2.45) is 0 Å². The Bertz CT molecular complexity index is 595. The minimum Gasteiger partial charge on any atom is -0.466 e. The minimum atomic E-state index is -3.74. The lowest BCUT2D eigenvalue weighted by Gasteiger charge is -2.22. The molecule has 1 aliphatic carbocycles. The van der Waals surface area contributed by atoms with Gasteiger partial charge in [0.1, 0.15) is 5.76 Å². The van der Waals surface area contributed by atoms with Crippen LogP contribution in [0.5, 0.6) is 0 Å². The summed E-state index contributed by atoms with van der Waals surface area (Å²) in [7, 11) is -3.74. The first-order valence-corrected chi connectivity index (χ1v) is 7.99. The number of aliphatic hydroxyl groups is 1. The molecule has 0 radical (unpaired) electrons. The first-order chi connectivity index (χ1) is 9.09. The molecule has 2 aromatic rings. The van der Waals surface area contributed by atoms with Crippen LogP contribution >= 0.6 is 7.37 Å². The Morgan fingerprint density at radius 1 is 1.16 bits per heavy atom. The normalized spacial score (nSPS) is 19.9. The van der Waals surface area contributed by atoms with E-state index in [1.807, 2.05) is 24.3 Å². The summed E-state index contributed by atoms with van der Waals surface area (Å²) in [4.78, 5) is 10.3. The summed E-state index contributed by atoms with van der Waals surface area (Å²) in [6.07, 6.45) is 2.45. The fraction of sp³-hybridized carbons (Fsp3) is 0.286. The molecule has 2 unspecified atom stereocenters. The van der Waals surface area contributed by atoms with Gasteiger partial charge in [-0.1, -0.05) is 24.3 Å². The van der Waals surface area contributed by atoms with E-state index in [0.29, 0.717) is 12.8 Å². The zero-order valence-electron chi connectivity index (χ0n) is 10.3. The van der Waals surface area contributed by atoms with Crippen molar-refractivity contribution in [2.45, 2.75) is 24.3 Å². The first-order valence-electron chi connectivity index (χ1n) is 6.19. The van der Waals surface area contributed by atoms with Crippen LogP contribution in [-0.2, 0) is 17.4 Å². The van der Waals surface area contributed by atoms with E-state index in [-0.39, 0.29) is 5.76 Å². The number of rotatable bonds is 3. The maximum atomic E-state index is 12.5. The van der Waals surface area contributed by atoms with Gasteiger partial charge in [0, 0.05) is 5.66 Å². The topological polar surface area (TPSA) is 70.7 Å². The van der Waals surface area contributed by atoms with Crippen molar-refractivity contribution in [3.8, 4) is 0 Å². The summed E-state index contributed by atoms with van der Waals surface area (Å²) in [5.41, 5.74) is 1.74. The molecule has 5 heteroatoms. The molecule has 0 fully saturated rings. The summed E-state index contributed by atoms with van der Waals surface area (Å²) in [5, 5.41) is 10.1. The standard InChI is InChI=1S/C14H15O4P/c15-14(13-6-3-7-18-13)19(16,17)12-8-10-4-1-2-5-11(10)9-12/h1-7,12,14-15H,8-9H2,(H,16,17). The lowest BCUT2D eigenvalue weighted by Crippen LogP contribution is -2.13. The second kappa shape index (κ2) is 4.64. The summed E-state index contributed by atoms with van der Waals surface area (Å²) < 4.78 is 17.6. The van der Waals surface area contributed by atoms with E-state index >= 15 is 0 Å². The number of benzene rings is 1. The molecule has 0 spiro atoms. The largest absolute Gasteiger partial charge is 0.466 e. The number of aliphatic hydroxyl groups excluding tert-OH is 1. The van der Waals surface area contributed by atoms with Gasteiger partial charge in [-0.2, -0.15) is 0 Å². The zero-order chi connectivity index (χ0) is 13.5. The first kappa shape index (κ1) is 12.7. The molecule has 0 saturated heterocycles. The van der Waals surface area contributed by atoms with Crippen LogP contribution in [0, 0.1) is 0 Å². The van der Waals surface area contributed by atoms with Crippen LogP contribution in [-0.4, -0.2) is 15.7 Å². The van der Waals surface area contributed by atoms with Crippen LogP contribution < -0.4 is 0 Å². The summed E-state index contributed by atoms with van der Waals surface area (Å²) in [6.45, 7) is 0. The zero-order valence-corrected chi connectivity index (χ0v) is 11.2. The van der Waals surface area contributed by atoms with Gasteiger partial charge in [0.2, 0.25) is 7.37 Å². The van der Waals surface area contributed by atoms with Crippen molar-refractivity contribution in [3.05, 3.63) is 59.5 Å². The van der Waals surface area contributed by atoms with Gasteiger partial charge in [0.15, 0.2) is 5.85 Å². The Labute approximate surface area is 111 Å². The Kier molecular flexibility index (Phi) is 3.09. The third-order valence-corrected chi connectivity index (χ3v) is 6.07. The second-order valence-corrected chi connectivity index (χ2v) is 7.46. The molecule has 4 nitrogen and oxygen atoms in total. The van der Waals surface area contributed by atoms with Crippen LogP contribution in [0.4, 0.5) is 0 Å². The Morgan fingerprint density at radius 3 is 2.32 bits per heavy atom. The van der Waals surface area contributed by atoms with Crippen molar-refractivity contribution < 1.29 is 19.0 Å². The molecule has 2 atom stereocenters. The Balaban J connectivity index is 1.85. The fourth-order valence-corrected chi connectivity index (χ4v) is 4.44. The minimum absolute atomic E-state index is 0.154. The van der Waals surface area contributed by atoms with Gasteiger partial charge < -0.3 is 14.4 Å².